The molecule has 0 saturated carbocycles. The molecule has 76 valence electrons. The maximum Gasteiger partial charge on any atom is 0.302 e. The molecule has 1 unspecified atom stereocenters. The molecular weight excluding hydrogens is 202 g/mol. The van der Waals surface area contributed by atoms with Gasteiger partial charge in [0, 0.05) is 19.9 Å². The van der Waals surface area contributed by atoms with Gasteiger partial charge in [-0.15, -0.1) is 10.2 Å². The summed E-state index contributed by atoms with van der Waals surface area (Å²) in [4.78, 5) is 12.8. The third kappa shape index (κ3) is 2.01. The van der Waals surface area contributed by atoms with Crippen molar-refractivity contribution in [3.8, 4) is 0 Å². The molecule has 5 nitrogen and oxygen atoms in total. The van der Waals surface area contributed by atoms with Crippen LogP contribution in [0.3, 0.4) is 0 Å². The van der Waals surface area contributed by atoms with Crippen LogP contribution in [-0.4, -0.2) is 35.4 Å². The Bertz CT molecular complexity index is 314. The van der Waals surface area contributed by atoms with Gasteiger partial charge in [-0.25, -0.2) is 0 Å². The van der Waals surface area contributed by atoms with Crippen molar-refractivity contribution in [1.82, 2.24) is 10.2 Å². The summed E-state index contributed by atoms with van der Waals surface area (Å²) in [7, 11) is 0. The molecule has 1 saturated heterocycles. The largest absolute Gasteiger partial charge is 0.461 e. The fraction of sp³-hybridized carbons (Fsp3) is 0.625. The van der Waals surface area contributed by atoms with Crippen molar-refractivity contribution in [2.45, 2.75) is 19.4 Å². The lowest BCUT2D eigenvalue weighted by Gasteiger charge is -2.13. The molecule has 0 spiro atoms. The molecule has 1 aliphatic rings. The monoisotopic (exact) mass is 213 g/mol. The van der Waals surface area contributed by atoms with Crippen LogP contribution in [0.25, 0.3) is 0 Å². The van der Waals surface area contributed by atoms with Crippen molar-refractivity contribution < 1.29 is 9.53 Å². The molecule has 2 rings (SSSR count). The van der Waals surface area contributed by atoms with E-state index in [-0.39, 0.29) is 12.1 Å². The third-order valence-corrected chi connectivity index (χ3v) is 2.85. The number of hydrogen-bond acceptors (Lipinski definition) is 6. The van der Waals surface area contributed by atoms with Gasteiger partial charge in [-0.3, -0.25) is 4.79 Å². The van der Waals surface area contributed by atoms with Crippen molar-refractivity contribution in [2.75, 3.05) is 18.0 Å². The highest BCUT2D eigenvalue weighted by Gasteiger charge is 2.26. The summed E-state index contributed by atoms with van der Waals surface area (Å²) in [6.45, 7) is 3.05. The zero-order valence-electron chi connectivity index (χ0n) is 7.84. The molecular formula is C8H11N3O2S. The summed E-state index contributed by atoms with van der Waals surface area (Å²) in [5.74, 6) is -0.214. The highest BCUT2D eigenvalue weighted by Crippen LogP contribution is 2.22. The fourth-order valence-electron chi connectivity index (χ4n) is 1.54. The quantitative estimate of drug-likeness (QED) is 0.676. The lowest BCUT2D eigenvalue weighted by atomic mass is 10.3. The number of nitrogens with zero attached hydrogens (tertiary/aromatic N) is 3. The number of anilines is 1. The van der Waals surface area contributed by atoms with Crippen LogP contribution in [0, 0.1) is 0 Å². The smallest absolute Gasteiger partial charge is 0.302 e. The minimum absolute atomic E-state index is 0.0106. The summed E-state index contributed by atoms with van der Waals surface area (Å²) < 4.78 is 5.12. The molecule has 0 radical (unpaired) electrons. The first kappa shape index (κ1) is 9.39. The minimum Gasteiger partial charge on any atom is -0.461 e. The third-order valence-electron chi connectivity index (χ3n) is 2.10. The second-order valence-corrected chi connectivity index (χ2v) is 4.00. The predicted octanol–water partition coefficient (Wildman–Crippen LogP) is 0.680. The maximum absolute atomic E-state index is 10.7. The van der Waals surface area contributed by atoms with E-state index < -0.39 is 0 Å². The Morgan fingerprint density at radius 1 is 1.79 bits per heavy atom. The number of hydrogen-bond donors (Lipinski definition) is 0. The SMILES string of the molecule is CC(=O)OC1CCN(c2nncs2)C1. The molecule has 0 aliphatic carbocycles. The van der Waals surface area contributed by atoms with Crippen LogP contribution in [0.2, 0.25) is 0 Å². The highest BCUT2D eigenvalue weighted by molar-refractivity contribution is 7.13. The summed E-state index contributed by atoms with van der Waals surface area (Å²) in [5.41, 5.74) is 1.70. The summed E-state index contributed by atoms with van der Waals surface area (Å²) in [6.07, 6.45) is 0.885. The highest BCUT2D eigenvalue weighted by atomic mass is 32.1. The van der Waals surface area contributed by atoms with Gasteiger partial charge in [-0.05, 0) is 0 Å². The summed E-state index contributed by atoms with van der Waals surface area (Å²) in [5, 5.41) is 8.64. The van der Waals surface area contributed by atoms with Crippen molar-refractivity contribution >= 4 is 22.4 Å². The van der Waals surface area contributed by atoms with Crippen LogP contribution in [0.5, 0.6) is 0 Å². The predicted molar refractivity (Wildman–Crippen MR) is 52.3 cm³/mol. The Morgan fingerprint density at radius 2 is 2.64 bits per heavy atom. The molecule has 6 heteroatoms. The van der Waals surface area contributed by atoms with Gasteiger partial charge in [0.2, 0.25) is 5.13 Å². The lowest BCUT2D eigenvalue weighted by Crippen LogP contribution is -2.23. The topological polar surface area (TPSA) is 55.3 Å². The maximum atomic E-state index is 10.7. The van der Waals surface area contributed by atoms with Crippen molar-refractivity contribution in [3.63, 3.8) is 0 Å². The van der Waals surface area contributed by atoms with Crippen LogP contribution in [-0.2, 0) is 9.53 Å². The molecule has 1 aromatic rings. The molecule has 2 heterocycles. The second kappa shape index (κ2) is 3.91. The van der Waals surface area contributed by atoms with Crippen molar-refractivity contribution in [2.24, 2.45) is 0 Å². The van der Waals surface area contributed by atoms with E-state index in [1.54, 1.807) is 5.51 Å². The number of rotatable bonds is 2. The number of esters is 1. The number of carbonyl (C=O) groups is 1. The van der Waals surface area contributed by atoms with E-state index in [1.165, 1.54) is 18.3 Å². The van der Waals surface area contributed by atoms with Crippen LogP contribution in [0.15, 0.2) is 5.51 Å². The van der Waals surface area contributed by atoms with Gasteiger partial charge in [0.25, 0.3) is 0 Å². The zero-order chi connectivity index (χ0) is 9.97. The molecule has 1 fully saturated rings. The number of ether oxygens (including phenoxy) is 1. The Hall–Kier alpha value is -1.17. The standard InChI is InChI=1S/C8H11N3O2S/c1-6(12)13-7-2-3-11(4-7)8-10-9-5-14-8/h5,7H,2-4H2,1H3. The molecule has 1 aliphatic heterocycles. The van der Waals surface area contributed by atoms with Crippen LogP contribution in [0.4, 0.5) is 5.13 Å². The average molecular weight is 213 g/mol. The normalized spacial score (nSPS) is 21.2. The summed E-state index contributed by atoms with van der Waals surface area (Å²) in [6, 6.07) is 0. The van der Waals surface area contributed by atoms with Crippen molar-refractivity contribution in [1.29, 1.82) is 0 Å². The lowest BCUT2D eigenvalue weighted by molar-refractivity contribution is -0.145. The molecule has 0 aromatic carbocycles. The molecule has 1 atom stereocenters. The molecule has 0 N–H and O–H groups in total. The minimum atomic E-state index is -0.214. The first-order chi connectivity index (χ1) is 6.75. The van der Waals surface area contributed by atoms with Gasteiger partial charge in [-0.2, -0.15) is 0 Å². The Labute approximate surface area is 85.7 Å². The van der Waals surface area contributed by atoms with Gasteiger partial charge < -0.3 is 9.64 Å². The first-order valence-corrected chi connectivity index (χ1v) is 5.32. The fourth-order valence-corrected chi connectivity index (χ4v) is 2.14. The number of aromatic nitrogens is 2. The van der Waals surface area contributed by atoms with Crippen LogP contribution < -0.4 is 4.90 Å². The molecule has 14 heavy (non-hydrogen) atoms. The van der Waals surface area contributed by atoms with Gasteiger partial charge >= 0.3 is 5.97 Å². The average Bonchev–Trinajstić information content (AvgIpc) is 2.69. The van der Waals surface area contributed by atoms with Gasteiger partial charge in [0.05, 0.1) is 6.54 Å². The Kier molecular flexibility index (Phi) is 2.62. The molecule has 0 amide bonds. The Balaban J connectivity index is 1.92. The van der Waals surface area contributed by atoms with E-state index in [1.807, 2.05) is 0 Å². The molecule has 1 aromatic heterocycles. The summed E-state index contributed by atoms with van der Waals surface area (Å²) >= 11 is 1.50. The van der Waals surface area contributed by atoms with Gasteiger partial charge in [0.1, 0.15) is 11.6 Å². The van der Waals surface area contributed by atoms with Crippen molar-refractivity contribution in [3.05, 3.63) is 5.51 Å². The van der Waals surface area contributed by atoms with E-state index in [2.05, 4.69) is 15.1 Å². The van der Waals surface area contributed by atoms with E-state index >= 15 is 0 Å². The van der Waals surface area contributed by atoms with Crippen LogP contribution in [0.1, 0.15) is 13.3 Å². The van der Waals surface area contributed by atoms with Gasteiger partial charge in [0.15, 0.2) is 0 Å². The van der Waals surface area contributed by atoms with E-state index in [0.717, 1.165) is 24.6 Å². The zero-order valence-corrected chi connectivity index (χ0v) is 8.66. The van der Waals surface area contributed by atoms with E-state index in [4.69, 9.17) is 4.74 Å². The van der Waals surface area contributed by atoms with Crippen LogP contribution >= 0.6 is 11.3 Å². The van der Waals surface area contributed by atoms with Gasteiger partial charge in [-0.1, -0.05) is 11.3 Å². The van der Waals surface area contributed by atoms with E-state index in [9.17, 15) is 4.79 Å². The first-order valence-electron chi connectivity index (χ1n) is 4.44. The second-order valence-electron chi connectivity index (χ2n) is 3.19. The molecule has 0 bridgehead atoms. The number of carbonyl (C=O) groups excluding carboxylic acids is 1. The van der Waals surface area contributed by atoms with E-state index in [0.29, 0.717) is 0 Å². The Morgan fingerprint density at radius 3 is 3.29 bits per heavy atom.